The van der Waals surface area contributed by atoms with E-state index in [1.807, 2.05) is 0 Å². The zero-order valence-corrected chi connectivity index (χ0v) is 21.3. The molecule has 0 aliphatic heterocycles. The summed E-state index contributed by atoms with van der Waals surface area (Å²) >= 11 is 6.39. The first kappa shape index (κ1) is 27.3. The molecule has 2 N–H and O–H groups in total. The summed E-state index contributed by atoms with van der Waals surface area (Å²) in [5.41, 5.74) is -2.87. The molecule has 11 heteroatoms. The van der Waals surface area contributed by atoms with Crippen LogP contribution in [0.3, 0.4) is 0 Å². The summed E-state index contributed by atoms with van der Waals surface area (Å²) in [6, 6.07) is 14.1. The number of aliphatic carboxylic acids is 1. The predicted octanol–water partition coefficient (Wildman–Crippen LogP) is 5.50. The molecule has 7 nitrogen and oxygen atoms in total. The van der Waals surface area contributed by atoms with Gasteiger partial charge in [0.2, 0.25) is 0 Å². The van der Waals surface area contributed by atoms with Crippen molar-refractivity contribution < 1.29 is 32.9 Å². The van der Waals surface area contributed by atoms with Gasteiger partial charge in [-0.15, -0.1) is 0 Å². The molecule has 0 aliphatic rings. The monoisotopic (exact) mass is 548 g/mol. The number of aryl methyl sites for hydroxylation is 2. The van der Waals surface area contributed by atoms with Crippen molar-refractivity contribution >= 4 is 28.6 Å². The van der Waals surface area contributed by atoms with E-state index in [0.29, 0.717) is 16.8 Å². The summed E-state index contributed by atoms with van der Waals surface area (Å²) in [6.07, 6.45) is -5.22. The second kappa shape index (κ2) is 9.85. The highest BCUT2D eigenvalue weighted by molar-refractivity contribution is 6.31. The maximum absolute atomic E-state index is 14.5. The van der Waals surface area contributed by atoms with Gasteiger partial charge in [0.05, 0.1) is 17.5 Å². The Kier molecular flexibility index (Phi) is 7.07. The second-order valence-corrected chi connectivity index (χ2v) is 9.50. The van der Waals surface area contributed by atoms with Gasteiger partial charge < -0.3 is 14.9 Å². The van der Waals surface area contributed by atoms with Gasteiger partial charge in [-0.05, 0) is 53.1 Å². The van der Waals surface area contributed by atoms with Crippen LogP contribution in [0.5, 0.6) is 11.5 Å². The van der Waals surface area contributed by atoms with Crippen LogP contribution in [-0.2, 0) is 30.9 Å². The molecule has 0 saturated heterocycles. The molecule has 1 aromatic heterocycles. The van der Waals surface area contributed by atoms with Gasteiger partial charge in [-0.25, -0.2) is 4.79 Å². The second-order valence-electron chi connectivity index (χ2n) is 9.09. The molecule has 0 bridgehead atoms. The number of fused-ring (bicyclic) bond motifs is 1. The number of imidazole rings is 1. The topological polar surface area (TPSA) is 93.7 Å². The summed E-state index contributed by atoms with van der Waals surface area (Å²) in [5.74, 6) is -1.88. The lowest BCUT2D eigenvalue weighted by atomic mass is 9.77. The van der Waals surface area contributed by atoms with Crippen molar-refractivity contribution in [2.75, 3.05) is 0 Å². The number of aliphatic hydroxyl groups is 1. The molecule has 2 atom stereocenters. The highest BCUT2D eigenvalue weighted by Gasteiger charge is 2.59. The minimum Gasteiger partial charge on any atom is -0.481 e. The lowest BCUT2D eigenvalue weighted by Gasteiger charge is -2.37. The molecule has 0 radical (unpaired) electrons. The molecule has 4 aromatic rings. The lowest BCUT2D eigenvalue weighted by Crippen LogP contribution is -2.46. The van der Waals surface area contributed by atoms with Gasteiger partial charge in [0.15, 0.2) is 5.60 Å². The van der Waals surface area contributed by atoms with Crippen molar-refractivity contribution in [2.45, 2.75) is 31.0 Å². The molecule has 1 heterocycles. The number of rotatable bonds is 7. The largest absolute Gasteiger partial charge is 0.481 e. The molecule has 0 aliphatic carbocycles. The van der Waals surface area contributed by atoms with Crippen LogP contribution in [0.1, 0.15) is 29.5 Å². The van der Waals surface area contributed by atoms with E-state index >= 15 is 0 Å². The lowest BCUT2D eigenvalue weighted by molar-refractivity contribution is -0.274. The van der Waals surface area contributed by atoms with Crippen molar-refractivity contribution in [1.29, 1.82) is 0 Å². The van der Waals surface area contributed by atoms with Gasteiger partial charge in [-0.2, -0.15) is 13.2 Å². The first-order valence-electron chi connectivity index (χ1n) is 11.5. The first-order chi connectivity index (χ1) is 17.7. The molecule has 0 amide bonds. The van der Waals surface area contributed by atoms with Crippen molar-refractivity contribution in [3.8, 4) is 11.5 Å². The zero-order valence-electron chi connectivity index (χ0n) is 20.6. The fourth-order valence-corrected chi connectivity index (χ4v) is 4.87. The molecule has 200 valence electrons. The Balaban J connectivity index is 1.68. The predicted molar refractivity (Wildman–Crippen MR) is 136 cm³/mol. The van der Waals surface area contributed by atoms with E-state index in [2.05, 4.69) is 0 Å². The van der Waals surface area contributed by atoms with Crippen molar-refractivity contribution in [2.24, 2.45) is 14.1 Å². The fraction of sp³-hybridized carbons (Fsp3) is 0.259. The molecule has 0 unspecified atom stereocenters. The SMILES string of the molecule is C[C@H](c1ccc(Oc2ccc(CC(=O)O)cc2)cc1Cl)[C@@](O)(c1ccc2c(c1)n(C)c(=O)n2C)C(F)(F)F. The Morgan fingerprint density at radius 2 is 1.58 bits per heavy atom. The Morgan fingerprint density at radius 3 is 2.16 bits per heavy atom. The summed E-state index contributed by atoms with van der Waals surface area (Å²) in [7, 11) is 2.95. The maximum atomic E-state index is 14.5. The van der Waals surface area contributed by atoms with Crippen LogP contribution in [0.15, 0.2) is 65.5 Å². The van der Waals surface area contributed by atoms with E-state index in [-0.39, 0.29) is 28.3 Å². The van der Waals surface area contributed by atoms with E-state index in [0.717, 1.165) is 6.07 Å². The van der Waals surface area contributed by atoms with E-state index in [9.17, 15) is 27.9 Å². The molecule has 4 rings (SSSR count). The number of alkyl halides is 3. The van der Waals surface area contributed by atoms with E-state index in [1.165, 1.54) is 60.5 Å². The summed E-state index contributed by atoms with van der Waals surface area (Å²) in [4.78, 5) is 23.1. The van der Waals surface area contributed by atoms with Crippen LogP contribution in [0.4, 0.5) is 13.2 Å². The van der Waals surface area contributed by atoms with Gasteiger partial charge in [-0.3, -0.25) is 13.9 Å². The molecule has 3 aromatic carbocycles. The smallest absolute Gasteiger partial charge is 0.422 e. The number of carboxylic acids is 1. The number of halogens is 4. The van der Waals surface area contributed by atoms with Crippen LogP contribution >= 0.6 is 11.6 Å². The van der Waals surface area contributed by atoms with Gasteiger partial charge in [0.25, 0.3) is 0 Å². The molecular formula is C27H24ClF3N2O5. The molecular weight excluding hydrogens is 525 g/mol. The number of carboxylic acid groups (broad SMARTS) is 1. The average Bonchev–Trinajstić information content (AvgIpc) is 3.07. The number of hydrogen-bond acceptors (Lipinski definition) is 4. The number of ether oxygens (including phenoxy) is 1. The zero-order chi connectivity index (χ0) is 28.0. The van der Waals surface area contributed by atoms with Crippen molar-refractivity contribution in [3.05, 3.63) is 92.9 Å². The minimum absolute atomic E-state index is 0.0395. The minimum atomic E-state index is -5.08. The molecule has 0 saturated carbocycles. The van der Waals surface area contributed by atoms with Crippen LogP contribution in [-0.4, -0.2) is 31.5 Å². The third-order valence-corrected chi connectivity index (χ3v) is 7.05. The Bertz CT molecular complexity index is 1580. The Labute approximate surface area is 220 Å². The fourth-order valence-electron chi connectivity index (χ4n) is 4.54. The van der Waals surface area contributed by atoms with E-state index < -0.39 is 34.9 Å². The molecule has 0 fully saturated rings. The van der Waals surface area contributed by atoms with Crippen LogP contribution in [0.25, 0.3) is 11.0 Å². The standard InChI is InChI=1S/C27H24ClF3N2O5/c1-15(20-10-9-19(14-21(20)28)38-18-7-4-16(5-8-18)12-24(34)35)26(37,27(29,30)31)17-6-11-22-23(13-17)33(3)25(36)32(22)2/h4-11,13-15,37H,12H2,1-3H3,(H,34,35)/t15-,26-/m1/s1. The van der Waals surface area contributed by atoms with Gasteiger partial charge in [0, 0.05) is 25.0 Å². The quantitative estimate of drug-likeness (QED) is 0.318. The van der Waals surface area contributed by atoms with Crippen molar-refractivity contribution in [3.63, 3.8) is 0 Å². The van der Waals surface area contributed by atoms with E-state index in [4.69, 9.17) is 21.4 Å². The first-order valence-corrected chi connectivity index (χ1v) is 11.8. The van der Waals surface area contributed by atoms with Crippen molar-refractivity contribution in [1.82, 2.24) is 9.13 Å². The summed E-state index contributed by atoms with van der Waals surface area (Å²) in [6.45, 7) is 1.23. The number of nitrogens with zero attached hydrogens (tertiary/aromatic N) is 2. The van der Waals surface area contributed by atoms with Gasteiger partial charge in [0.1, 0.15) is 11.5 Å². The average molecular weight is 549 g/mol. The van der Waals surface area contributed by atoms with Crippen LogP contribution in [0, 0.1) is 0 Å². The number of aromatic nitrogens is 2. The van der Waals surface area contributed by atoms with E-state index in [1.54, 1.807) is 24.3 Å². The molecule has 38 heavy (non-hydrogen) atoms. The maximum Gasteiger partial charge on any atom is 0.422 e. The highest BCUT2D eigenvalue weighted by Crippen LogP contribution is 2.50. The highest BCUT2D eigenvalue weighted by atomic mass is 35.5. The Hall–Kier alpha value is -3.76. The summed E-state index contributed by atoms with van der Waals surface area (Å²) in [5, 5.41) is 20.1. The molecule has 0 spiro atoms. The summed E-state index contributed by atoms with van der Waals surface area (Å²) < 4.78 is 51.7. The third kappa shape index (κ3) is 4.77. The number of carbonyl (C=O) groups is 1. The van der Waals surface area contributed by atoms with Gasteiger partial charge in [-0.1, -0.05) is 42.8 Å². The normalized spacial score (nSPS) is 14.3. The third-order valence-electron chi connectivity index (χ3n) is 6.72. The Morgan fingerprint density at radius 1 is 0.974 bits per heavy atom. The van der Waals surface area contributed by atoms with Gasteiger partial charge >= 0.3 is 17.8 Å². The van der Waals surface area contributed by atoms with Crippen LogP contribution in [0.2, 0.25) is 5.02 Å². The number of benzene rings is 3. The number of hydrogen-bond donors (Lipinski definition) is 2. The van der Waals surface area contributed by atoms with Crippen LogP contribution < -0.4 is 10.4 Å².